The minimum Gasteiger partial charge on any atom is -0.444 e. The summed E-state index contributed by atoms with van der Waals surface area (Å²) in [6, 6.07) is 4.25. The van der Waals surface area contributed by atoms with Gasteiger partial charge >= 0.3 is 12.5 Å². The molecule has 190 valence electrons. The summed E-state index contributed by atoms with van der Waals surface area (Å²) in [4.78, 5) is 16.7. The highest BCUT2D eigenvalue weighted by atomic mass is 28.4. The van der Waals surface area contributed by atoms with Gasteiger partial charge in [0.25, 0.3) is 5.89 Å². The third-order valence-corrected chi connectivity index (χ3v) is 9.69. The number of benzene rings is 1. The zero-order valence-corrected chi connectivity index (χ0v) is 21.7. The van der Waals surface area contributed by atoms with Crippen molar-refractivity contribution >= 4 is 14.4 Å². The maximum Gasteiger partial charge on any atom is 0.573 e. The number of alkyl halides is 3. The van der Waals surface area contributed by atoms with Crippen molar-refractivity contribution in [1.82, 2.24) is 15.5 Å². The van der Waals surface area contributed by atoms with Crippen LogP contribution in [-0.4, -0.2) is 43.1 Å². The molecule has 2 aromatic rings. The van der Waals surface area contributed by atoms with Gasteiger partial charge in [0.2, 0.25) is 5.82 Å². The van der Waals surface area contributed by atoms with Gasteiger partial charge in [0.15, 0.2) is 8.32 Å². The molecule has 0 aliphatic rings. The van der Waals surface area contributed by atoms with Crippen LogP contribution in [0, 0.1) is 0 Å². The Morgan fingerprint density at radius 2 is 1.68 bits per heavy atom. The molecule has 1 heterocycles. The van der Waals surface area contributed by atoms with Crippen LogP contribution in [-0.2, 0) is 9.16 Å². The monoisotopic (exact) mass is 503 g/mol. The van der Waals surface area contributed by atoms with Crippen LogP contribution in [0.2, 0.25) is 18.1 Å². The van der Waals surface area contributed by atoms with Crippen molar-refractivity contribution in [2.24, 2.45) is 0 Å². The van der Waals surface area contributed by atoms with E-state index in [4.69, 9.17) is 13.7 Å². The fourth-order valence-corrected chi connectivity index (χ4v) is 3.45. The molecule has 2 rings (SSSR count). The summed E-state index contributed by atoms with van der Waals surface area (Å²) in [5, 5.41) is 6.54. The summed E-state index contributed by atoms with van der Waals surface area (Å²) in [7, 11) is -2.17. The predicted molar refractivity (Wildman–Crippen MR) is 122 cm³/mol. The second-order valence-corrected chi connectivity index (χ2v) is 15.1. The number of rotatable bonds is 7. The largest absolute Gasteiger partial charge is 0.573 e. The lowest BCUT2D eigenvalue weighted by Gasteiger charge is -2.37. The van der Waals surface area contributed by atoms with Gasteiger partial charge in [-0.1, -0.05) is 25.9 Å². The van der Waals surface area contributed by atoms with Gasteiger partial charge in [-0.15, -0.1) is 13.2 Å². The second-order valence-electron chi connectivity index (χ2n) is 10.3. The zero-order chi connectivity index (χ0) is 25.9. The van der Waals surface area contributed by atoms with E-state index in [1.165, 1.54) is 12.1 Å². The molecule has 34 heavy (non-hydrogen) atoms. The van der Waals surface area contributed by atoms with Crippen molar-refractivity contribution in [2.45, 2.75) is 77.7 Å². The molecule has 1 atom stereocenters. The summed E-state index contributed by atoms with van der Waals surface area (Å²) in [6.07, 6.45) is -5.46. The number of carbonyl (C=O) groups excluding carboxylic acids is 1. The molecule has 1 aromatic carbocycles. The summed E-state index contributed by atoms with van der Waals surface area (Å²) in [6.45, 7) is 15.7. The lowest BCUT2D eigenvalue weighted by atomic mass is 10.2. The van der Waals surface area contributed by atoms with Crippen LogP contribution in [0.15, 0.2) is 28.8 Å². The van der Waals surface area contributed by atoms with Gasteiger partial charge in [0.1, 0.15) is 17.4 Å². The number of nitrogens with one attached hydrogen (secondary N) is 1. The molecule has 0 spiro atoms. The number of aromatic nitrogens is 2. The first-order valence-electron chi connectivity index (χ1n) is 10.7. The average molecular weight is 504 g/mol. The Morgan fingerprint density at radius 3 is 2.18 bits per heavy atom. The summed E-state index contributed by atoms with van der Waals surface area (Å²) in [5.41, 5.74) is -0.305. The minimum absolute atomic E-state index is 0.0658. The van der Waals surface area contributed by atoms with Gasteiger partial charge in [-0.3, -0.25) is 0 Å². The Balaban J connectivity index is 2.24. The number of hydrogen-bond acceptors (Lipinski definition) is 7. The van der Waals surface area contributed by atoms with Crippen molar-refractivity contribution < 1.29 is 36.4 Å². The Hall–Kier alpha value is -2.60. The van der Waals surface area contributed by atoms with Gasteiger partial charge in [0.05, 0.1) is 6.61 Å². The Kier molecular flexibility index (Phi) is 8.08. The van der Waals surface area contributed by atoms with E-state index < -0.39 is 32.4 Å². The quantitative estimate of drug-likeness (QED) is 0.448. The third-order valence-electron chi connectivity index (χ3n) is 5.19. The van der Waals surface area contributed by atoms with E-state index in [0.717, 1.165) is 12.1 Å². The van der Waals surface area contributed by atoms with Crippen LogP contribution in [0.4, 0.5) is 18.0 Å². The Labute approximate surface area is 198 Å². The molecule has 0 aliphatic carbocycles. The fourth-order valence-electron chi connectivity index (χ4n) is 2.43. The smallest absolute Gasteiger partial charge is 0.444 e. The fraction of sp³-hybridized carbons (Fsp3) is 0.591. The van der Waals surface area contributed by atoms with Crippen LogP contribution in [0.25, 0.3) is 11.4 Å². The number of alkyl carbamates (subject to hydrolysis) is 1. The molecule has 1 N–H and O–H groups in total. The average Bonchev–Trinajstić information content (AvgIpc) is 3.12. The van der Waals surface area contributed by atoms with Gasteiger partial charge in [0, 0.05) is 5.56 Å². The molecule has 0 radical (unpaired) electrons. The first-order valence-corrected chi connectivity index (χ1v) is 13.6. The van der Waals surface area contributed by atoms with Crippen LogP contribution in [0.3, 0.4) is 0 Å². The molecule has 0 saturated heterocycles. The number of carbonyl (C=O) groups is 1. The van der Waals surface area contributed by atoms with Gasteiger partial charge in [-0.2, -0.15) is 4.98 Å². The topological polar surface area (TPSA) is 95.7 Å². The first-order chi connectivity index (χ1) is 15.4. The molecule has 0 aliphatic heterocycles. The summed E-state index contributed by atoms with van der Waals surface area (Å²) < 4.78 is 58.0. The van der Waals surface area contributed by atoms with Crippen molar-refractivity contribution in [3.8, 4) is 17.1 Å². The molecular weight excluding hydrogens is 471 g/mol. The molecule has 0 bridgehead atoms. The second kappa shape index (κ2) is 9.94. The molecule has 12 heteroatoms. The highest BCUT2D eigenvalue weighted by Crippen LogP contribution is 2.37. The van der Waals surface area contributed by atoms with Crippen LogP contribution in [0.1, 0.15) is 53.5 Å². The number of hydrogen-bond donors (Lipinski definition) is 1. The number of ether oxygens (including phenoxy) is 2. The van der Waals surface area contributed by atoms with E-state index in [1.807, 2.05) is 0 Å². The van der Waals surface area contributed by atoms with Gasteiger partial charge in [-0.05, 0) is 63.2 Å². The summed E-state index contributed by atoms with van der Waals surface area (Å²) in [5.74, 6) is -0.153. The van der Waals surface area contributed by atoms with Crippen LogP contribution < -0.4 is 10.1 Å². The molecule has 0 fully saturated rings. The van der Waals surface area contributed by atoms with E-state index in [9.17, 15) is 18.0 Å². The van der Waals surface area contributed by atoms with Gasteiger partial charge in [-0.25, -0.2) is 4.79 Å². The SMILES string of the molecule is CC(C)(C)OC(=O)NC(CO[Si](C)(C)C(C)(C)C)c1nc(-c2ccc(OC(F)(F)F)cc2)no1. The molecule has 8 nitrogen and oxygen atoms in total. The lowest BCUT2D eigenvalue weighted by molar-refractivity contribution is -0.274. The minimum atomic E-state index is -4.79. The van der Waals surface area contributed by atoms with Crippen molar-refractivity contribution in [1.29, 1.82) is 0 Å². The van der Waals surface area contributed by atoms with Crippen molar-refractivity contribution in [2.75, 3.05) is 6.61 Å². The Bertz CT molecular complexity index is 964. The van der Waals surface area contributed by atoms with Crippen molar-refractivity contribution in [3.63, 3.8) is 0 Å². The maximum absolute atomic E-state index is 12.4. The van der Waals surface area contributed by atoms with E-state index in [0.29, 0.717) is 5.56 Å². The lowest BCUT2D eigenvalue weighted by Crippen LogP contribution is -2.44. The molecule has 1 unspecified atom stereocenters. The molecule has 1 aromatic heterocycles. The standard InChI is InChI=1S/C22H32F3N3O5Si/c1-20(2,3)32-19(29)26-16(13-30-34(7,8)21(4,5)6)18-27-17(28-33-18)14-9-11-15(12-10-14)31-22(23,24)25/h9-12,16H,13H2,1-8H3,(H,26,29). The van der Waals surface area contributed by atoms with Gasteiger partial charge < -0.3 is 23.7 Å². The summed E-state index contributed by atoms with van der Waals surface area (Å²) >= 11 is 0. The van der Waals surface area contributed by atoms with Crippen LogP contribution in [0.5, 0.6) is 5.75 Å². The third kappa shape index (κ3) is 8.31. The van der Waals surface area contributed by atoms with Crippen LogP contribution >= 0.6 is 0 Å². The maximum atomic E-state index is 12.4. The predicted octanol–water partition coefficient (Wildman–Crippen LogP) is 6.22. The zero-order valence-electron chi connectivity index (χ0n) is 20.7. The van der Waals surface area contributed by atoms with E-state index in [-0.39, 0.29) is 29.1 Å². The Morgan fingerprint density at radius 1 is 1.09 bits per heavy atom. The molecule has 1 amide bonds. The molecular formula is C22H32F3N3O5Si. The highest BCUT2D eigenvalue weighted by Gasteiger charge is 2.38. The first kappa shape index (κ1) is 27.6. The van der Waals surface area contributed by atoms with Crippen molar-refractivity contribution in [3.05, 3.63) is 30.2 Å². The van der Waals surface area contributed by atoms with E-state index in [1.54, 1.807) is 20.8 Å². The highest BCUT2D eigenvalue weighted by molar-refractivity contribution is 6.74. The number of halogens is 3. The number of amides is 1. The van der Waals surface area contributed by atoms with E-state index >= 15 is 0 Å². The molecule has 0 saturated carbocycles. The normalized spacial score (nSPS) is 14.0. The number of nitrogens with zero attached hydrogens (tertiary/aromatic N) is 2. The van der Waals surface area contributed by atoms with E-state index in [2.05, 4.69) is 54.1 Å².